The van der Waals surface area contributed by atoms with Crippen molar-refractivity contribution in [2.45, 2.75) is 63.4 Å². The molecule has 3 fully saturated rings. The lowest BCUT2D eigenvalue weighted by atomic mass is 9.76. The summed E-state index contributed by atoms with van der Waals surface area (Å²) in [5.74, 6) is 1.37. The van der Waals surface area contributed by atoms with E-state index in [1.54, 1.807) is 0 Å². The first-order valence-corrected chi connectivity index (χ1v) is 8.42. The van der Waals surface area contributed by atoms with Gasteiger partial charge in [0.2, 0.25) is 5.89 Å². The summed E-state index contributed by atoms with van der Waals surface area (Å²) in [6.45, 7) is 2.04. The first-order chi connectivity index (χ1) is 10.3. The van der Waals surface area contributed by atoms with E-state index in [0.29, 0.717) is 17.4 Å². The summed E-state index contributed by atoms with van der Waals surface area (Å²) in [6, 6.07) is 0.734. The molecule has 1 aromatic rings. The monoisotopic (exact) mass is 291 g/mol. The largest absolute Gasteiger partial charge is 0.408 e. The highest BCUT2D eigenvalue weighted by atomic mass is 16.5. The van der Waals surface area contributed by atoms with Crippen LogP contribution in [0.5, 0.6) is 0 Å². The zero-order chi connectivity index (χ0) is 14.3. The van der Waals surface area contributed by atoms with Crippen molar-refractivity contribution >= 4 is 6.01 Å². The lowest BCUT2D eigenvalue weighted by Gasteiger charge is -2.42. The van der Waals surface area contributed by atoms with Gasteiger partial charge < -0.3 is 14.1 Å². The molecule has 0 aromatic carbocycles. The molecule has 116 valence electrons. The van der Waals surface area contributed by atoms with Crippen LogP contribution in [-0.2, 0) is 4.74 Å². The number of hydrogen-bond acceptors (Lipinski definition) is 5. The molecular formula is C16H25N3O2. The second kappa shape index (κ2) is 5.27. The Morgan fingerprint density at radius 1 is 1.14 bits per heavy atom. The minimum absolute atomic E-state index is 0.304. The Labute approximate surface area is 126 Å². The minimum Gasteiger partial charge on any atom is -0.408 e. The van der Waals surface area contributed by atoms with Crippen LogP contribution in [0.1, 0.15) is 63.2 Å². The van der Waals surface area contributed by atoms with Crippen molar-refractivity contribution in [1.82, 2.24) is 10.2 Å². The maximum absolute atomic E-state index is 5.96. The van der Waals surface area contributed by atoms with Crippen molar-refractivity contribution in [2.24, 2.45) is 5.41 Å². The molecule has 1 aliphatic heterocycles. The second-order valence-electron chi connectivity index (χ2n) is 7.05. The summed E-state index contributed by atoms with van der Waals surface area (Å²) >= 11 is 0. The average molecular weight is 291 g/mol. The third kappa shape index (κ3) is 2.26. The van der Waals surface area contributed by atoms with E-state index in [-0.39, 0.29) is 0 Å². The molecule has 2 heterocycles. The molecule has 1 spiro atoms. The fraction of sp³-hybridized carbons (Fsp3) is 0.875. The van der Waals surface area contributed by atoms with Crippen LogP contribution in [0.2, 0.25) is 0 Å². The van der Waals surface area contributed by atoms with Crippen LogP contribution in [0.25, 0.3) is 0 Å². The van der Waals surface area contributed by atoms with Gasteiger partial charge in [-0.15, -0.1) is 5.10 Å². The number of anilines is 1. The summed E-state index contributed by atoms with van der Waals surface area (Å²) in [7, 11) is 1.86. The van der Waals surface area contributed by atoms with Gasteiger partial charge in [0.15, 0.2) is 0 Å². The Morgan fingerprint density at radius 3 is 2.76 bits per heavy atom. The van der Waals surface area contributed by atoms with E-state index in [1.807, 2.05) is 7.11 Å². The first kappa shape index (κ1) is 13.6. The Hall–Kier alpha value is -1.10. The van der Waals surface area contributed by atoms with Crippen LogP contribution in [0.4, 0.5) is 6.01 Å². The van der Waals surface area contributed by atoms with Gasteiger partial charge in [0, 0.05) is 31.5 Å². The smallest absolute Gasteiger partial charge is 0.318 e. The maximum Gasteiger partial charge on any atom is 0.318 e. The number of aromatic nitrogens is 2. The highest BCUT2D eigenvalue weighted by molar-refractivity contribution is 5.28. The molecule has 0 unspecified atom stereocenters. The Kier molecular flexibility index (Phi) is 3.40. The van der Waals surface area contributed by atoms with Gasteiger partial charge in [-0.1, -0.05) is 17.9 Å². The van der Waals surface area contributed by atoms with E-state index >= 15 is 0 Å². The fourth-order valence-corrected chi connectivity index (χ4v) is 4.44. The standard InChI is InChI=1S/C16H25N3O2/c1-20-13-7-3-8-16(13)9-4-10-19(11-16)15-18-17-14(21-15)12-5-2-6-12/h12-13H,2-11H2,1H3/t13-,16+/m1/s1. The molecule has 2 aliphatic carbocycles. The SMILES string of the molecule is CO[C@@H]1CCC[C@@]12CCCN(c1nnc(C3CCC3)o1)C2. The van der Waals surface area contributed by atoms with E-state index < -0.39 is 0 Å². The number of rotatable bonds is 3. The van der Waals surface area contributed by atoms with Gasteiger partial charge in [0.05, 0.1) is 6.10 Å². The first-order valence-electron chi connectivity index (χ1n) is 8.42. The Bertz CT molecular complexity index is 499. The van der Waals surface area contributed by atoms with Gasteiger partial charge in [0.1, 0.15) is 0 Å². The third-order valence-electron chi connectivity index (χ3n) is 5.87. The number of nitrogens with zero attached hydrogens (tertiary/aromatic N) is 3. The normalized spacial score (nSPS) is 33.6. The summed E-state index contributed by atoms with van der Waals surface area (Å²) in [5, 5.41) is 8.59. The average Bonchev–Trinajstić information content (AvgIpc) is 3.05. The molecule has 4 rings (SSSR count). The van der Waals surface area contributed by atoms with Gasteiger partial charge in [0.25, 0.3) is 0 Å². The van der Waals surface area contributed by atoms with E-state index in [2.05, 4.69) is 15.1 Å². The van der Waals surface area contributed by atoms with Crippen molar-refractivity contribution in [3.63, 3.8) is 0 Å². The molecule has 0 N–H and O–H groups in total. The molecule has 1 aromatic heterocycles. The van der Waals surface area contributed by atoms with Crippen LogP contribution in [0.3, 0.4) is 0 Å². The predicted molar refractivity (Wildman–Crippen MR) is 79.4 cm³/mol. The Morgan fingerprint density at radius 2 is 2.00 bits per heavy atom. The van der Waals surface area contributed by atoms with Gasteiger partial charge >= 0.3 is 6.01 Å². The zero-order valence-corrected chi connectivity index (χ0v) is 12.9. The van der Waals surface area contributed by atoms with Gasteiger partial charge in [-0.25, -0.2) is 0 Å². The van der Waals surface area contributed by atoms with Crippen LogP contribution in [0.15, 0.2) is 4.42 Å². The van der Waals surface area contributed by atoms with Gasteiger partial charge in [-0.05, 0) is 38.5 Å². The van der Waals surface area contributed by atoms with Crippen molar-refractivity contribution in [3.05, 3.63) is 5.89 Å². The van der Waals surface area contributed by atoms with Crippen LogP contribution < -0.4 is 4.90 Å². The third-order valence-corrected chi connectivity index (χ3v) is 5.87. The quantitative estimate of drug-likeness (QED) is 0.856. The van der Waals surface area contributed by atoms with E-state index in [1.165, 1.54) is 51.4 Å². The lowest BCUT2D eigenvalue weighted by molar-refractivity contribution is 0.00153. The molecule has 21 heavy (non-hydrogen) atoms. The summed E-state index contributed by atoms with van der Waals surface area (Å²) in [5.41, 5.74) is 0.304. The lowest BCUT2D eigenvalue weighted by Crippen LogP contribution is -2.48. The maximum atomic E-state index is 5.96. The summed E-state index contributed by atoms with van der Waals surface area (Å²) in [4.78, 5) is 2.30. The van der Waals surface area contributed by atoms with Gasteiger partial charge in [-0.2, -0.15) is 0 Å². The molecule has 2 atom stereocenters. The fourth-order valence-electron chi connectivity index (χ4n) is 4.44. The second-order valence-corrected chi connectivity index (χ2v) is 7.05. The van der Waals surface area contributed by atoms with E-state index in [0.717, 1.165) is 25.0 Å². The van der Waals surface area contributed by atoms with E-state index in [4.69, 9.17) is 9.15 Å². The summed E-state index contributed by atoms with van der Waals surface area (Å²) in [6.07, 6.45) is 10.3. The summed E-state index contributed by atoms with van der Waals surface area (Å²) < 4.78 is 11.7. The number of methoxy groups -OCH3 is 1. The Balaban J connectivity index is 1.51. The molecule has 0 radical (unpaired) electrons. The van der Waals surface area contributed by atoms with Crippen molar-refractivity contribution < 1.29 is 9.15 Å². The van der Waals surface area contributed by atoms with Crippen LogP contribution in [0, 0.1) is 5.41 Å². The molecular weight excluding hydrogens is 266 g/mol. The van der Waals surface area contributed by atoms with Gasteiger partial charge in [-0.3, -0.25) is 0 Å². The molecule has 1 saturated heterocycles. The van der Waals surface area contributed by atoms with Crippen LogP contribution >= 0.6 is 0 Å². The molecule has 0 amide bonds. The van der Waals surface area contributed by atoms with Crippen molar-refractivity contribution in [1.29, 1.82) is 0 Å². The predicted octanol–water partition coefficient (Wildman–Crippen LogP) is 3.12. The van der Waals surface area contributed by atoms with Crippen molar-refractivity contribution in [3.8, 4) is 0 Å². The molecule has 5 nitrogen and oxygen atoms in total. The number of ether oxygens (including phenoxy) is 1. The topological polar surface area (TPSA) is 51.4 Å². The molecule has 2 saturated carbocycles. The zero-order valence-electron chi connectivity index (χ0n) is 12.9. The molecule has 0 bridgehead atoms. The number of piperidine rings is 1. The molecule has 5 heteroatoms. The highest BCUT2D eigenvalue weighted by Crippen LogP contribution is 2.47. The van der Waals surface area contributed by atoms with Crippen LogP contribution in [-0.4, -0.2) is 36.5 Å². The number of hydrogen-bond donors (Lipinski definition) is 0. The highest BCUT2D eigenvalue weighted by Gasteiger charge is 2.46. The van der Waals surface area contributed by atoms with E-state index in [9.17, 15) is 0 Å². The minimum atomic E-state index is 0.304. The molecule has 3 aliphatic rings. The van der Waals surface area contributed by atoms with Crippen molar-refractivity contribution in [2.75, 3.05) is 25.1 Å².